The van der Waals surface area contributed by atoms with Crippen molar-refractivity contribution in [2.24, 2.45) is 0 Å². The van der Waals surface area contributed by atoms with Crippen molar-refractivity contribution in [2.75, 3.05) is 0 Å². The standard InChI is InChI=1S/C9H6F4O2/c10-8(9(11,12)13)15-7-3-1-6(5-14)2-4-7/h1-5,8H. The number of rotatable bonds is 3. The average Bonchev–Trinajstić information content (AvgIpc) is 2.17. The molecule has 0 saturated heterocycles. The maximum atomic E-state index is 12.4. The van der Waals surface area contributed by atoms with E-state index in [1.54, 1.807) is 0 Å². The van der Waals surface area contributed by atoms with Crippen LogP contribution in [0.15, 0.2) is 24.3 Å². The summed E-state index contributed by atoms with van der Waals surface area (Å²) in [7, 11) is 0. The van der Waals surface area contributed by atoms with Crippen LogP contribution in [0.4, 0.5) is 17.6 Å². The monoisotopic (exact) mass is 222 g/mol. The number of ether oxygens (including phenoxy) is 1. The molecular formula is C9H6F4O2. The van der Waals surface area contributed by atoms with E-state index in [-0.39, 0.29) is 11.3 Å². The fraction of sp³-hybridized carbons (Fsp3) is 0.222. The molecule has 0 spiro atoms. The van der Waals surface area contributed by atoms with Gasteiger partial charge in [-0.3, -0.25) is 4.79 Å². The van der Waals surface area contributed by atoms with Crippen LogP contribution in [-0.2, 0) is 0 Å². The van der Waals surface area contributed by atoms with Gasteiger partial charge in [-0.2, -0.15) is 17.6 Å². The van der Waals surface area contributed by atoms with Gasteiger partial charge in [-0.15, -0.1) is 0 Å². The van der Waals surface area contributed by atoms with Gasteiger partial charge in [0.15, 0.2) is 0 Å². The van der Waals surface area contributed by atoms with E-state index in [0.29, 0.717) is 6.29 Å². The van der Waals surface area contributed by atoms with E-state index in [0.717, 1.165) is 12.1 Å². The highest BCUT2D eigenvalue weighted by atomic mass is 19.4. The molecule has 0 heterocycles. The van der Waals surface area contributed by atoms with Crippen LogP contribution in [0, 0.1) is 0 Å². The van der Waals surface area contributed by atoms with Crippen molar-refractivity contribution in [1.29, 1.82) is 0 Å². The Labute approximate surface area is 82.5 Å². The number of halogens is 4. The molecule has 1 aromatic carbocycles. The fourth-order valence-corrected chi connectivity index (χ4v) is 0.811. The van der Waals surface area contributed by atoms with E-state index < -0.39 is 12.5 Å². The van der Waals surface area contributed by atoms with Gasteiger partial charge in [0.1, 0.15) is 12.0 Å². The molecular weight excluding hydrogens is 216 g/mol. The highest BCUT2D eigenvalue weighted by Crippen LogP contribution is 2.25. The van der Waals surface area contributed by atoms with Crippen molar-refractivity contribution < 1.29 is 27.1 Å². The number of hydrogen-bond donors (Lipinski definition) is 0. The van der Waals surface area contributed by atoms with Gasteiger partial charge in [0.25, 0.3) is 0 Å². The van der Waals surface area contributed by atoms with Crippen molar-refractivity contribution >= 4 is 6.29 Å². The van der Waals surface area contributed by atoms with Crippen molar-refractivity contribution in [3.63, 3.8) is 0 Å². The van der Waals surface area contributed by atoms with E-state index in [9.17, 15) is 22.4 Å². The quantitative estimate of drug-likeness (QED) is 0.580. The first-order valence-electron chi connectivity index (χ1n) is 3.86. The summed E-state index contributed by atoms with van der Waals surface area (Å²) in [4.78, 5) is 10.2. The van der Waals surface area contributed by atoms with Crippen LogP contribution in [0.1, 0.15) is 10.4 Å². The maximum absolute atomic E-state index is 12.4. The van der Waals surface area contributed by atoms with E-state index >= 15 is 0 Å². The van der Waals surface area contributed by atoms with Crippen molar-refractivity contribution in [3.8, 4) is 5.75 Å². The number of benzene rings is 1. The van der Waals surface area contributed by atoms with Crippen LogP contribution in [0.5, 0.6) is 5.75 Å². The Morgan fingerprint density at radius 1 is 1.20 bits per heavy atom. The SMILES string of the molecule is O=Cc1ccc(OC(F)C(F)(F)F)cc1. The van der Waals surface area contributed by atoms with E-state index in [4.69, 9.17) is 0 Å². The van der Waals surface area contributed by atoms with Crippen LogP contribution in [0.3, 0.4) is 0 Å². The summed E-state index contributed by atoms with van der Waals surface area (Å²) >= 11 is 0. The van der Waals surface area contributed by atoms with Gasteiger partial charge >= 0.3 is 12.5 Å². The van der Waals surface area contributed by atoms with Crippen molar-refractivity contribution in [1.82, 2.24) is 0 Å². The molecule has 82 valence electrons. The second kappa shape index (κ2) is 4.29. The minimum absolute atomic E-state index is 0.268. The van der Waals surface area contributed by atoms with Crippen molar-refractivity contribution in [2.45, 2.75) is 12.5 Å². The summed E-state index contributed by atoms with van der Waals surface area (Å²) < 4.78 is 51.5. The lowest BCUT2D eigenvalue weighted by molar-refractivity contribution is -0.236. The second-order valence-electron chi connectivity index (χ2n) is 2.66. The molecule has 0 aliphatic rings. The van der Waals surface area contributed by atoms with Gasteiger partial charge in [0, 0.05) is 5.56 Å². The highest BCUT2D eigenvalue weighted by Gasteiger charge is 2.42. The van der Waals surface area contributed by atoms with Crippen LogP contribution >= 0.6 is 0 Å². The molecule has 1 atom stereocenters. The second-order valence-corrected chi connectivity index (χ2v) is 2.66. The Morgan fingerprint density at radius 3 is 2.13 bits per heavy atom. The molecule has 0 radical (unpaired) electrons. The first-order chi connectivity index (χ1) is 6.93. The summed E-state index contributed by atoms with van der Waals surface area (Å²) in [6.07, 6.45) is -7.90. The van der Waals surface area contributed by atoms with Gasteiger partial charge in [-0.05, 0) is 24.3 Å². The number of hydrogen-bond acceptors (Lipinski definition) is 2. The lowest BCUT2D eigenvalue weighted by Crippen LogP contribution is -2.29. The molecule has 0 aliphatic carbocycles. The molecule has 0 amide bonds. The molecule has 15 heavy (non-hydrogen) atoms. The summed E-state index contributed by atoms with van der Waals surface area (Å²) in [6.45, 7) is 0. The Kier molecular flexibility index (Phi) is 3.28. The summed E-state index contributed by atoms with van der Waals surface area (Å²) in [5, 5.41) is 0. The highest BCUT2D eigenvalue weighted by molar-refractivity contribution is 5.74. The molecule has 0 saturated carbocycles. The molecule has 0 fully saturated rings. The minimum Gasteiger partial charge on any atom is -0.452 e. The number of carbonyl (C=O) groups is 1. The lowest BCUT2D eigenvalue weighted by atomic mass is 10.2. The average molecular weight is 222 g/mol. The Balaban J connectivity index is 2.69. The predicted molar refractivity (Wildman–Crippen MR) is 43.4 cm³/mol. The maximum Gasteiger partial charge on any atom is 0.457 e. The van der Waals surface area contributed by atoms with Crippen LogP contribution in [0.2, 0.25) is 0 Å². The Morgan fingerprint density at radius 2 is 1.73 bits per heavy atom. The van der Waals surface area contributed by atoms with Crippen LogP contribution in [-0.4, -0.2) is 18.8 Å². The zero-order valence-electron chi connectivity index (χ0n) is 7.29. The molecule has 0 aromatic heterocycles. The smallest absolute Gasteiger partial charge is 0.452 e. The van der Waals surface area contributed by atoms with E-state index in [2.05, 4.69) is 4.74 Å². The molecule has 0 bridgehead atoms. The molecule has 6 heteroatoms. The molecule has 1 unspecified atom stereocenters. The molecule has 1 rings (SSSR count). The van der Waals surface area contributed by atoms with Crippen LogP contribution in [0.25, 0.3) is 0 Å². The van der Waals surface area contributed by atoms with Gasteiger partial charge < -0.3 is 4.74 Å². The van der Waals surface area contributed by atoms with Gasteiger partial charge in [0.2, 0.25) is 0 Å². The number of aldehydes is 1. The lowest BCUT2D eigenvalue weighted by Gasteiger charge is -2.13. The molecule has 0 N–H and O–H groups in total. The Bertz CT molecular complexity index is 331. The minimum atomic E-state index is -5.05. The Hall–Kier alpha value is -1.59. The third-order valence-corrected chi connectivity index (χ3v) is 1.51. The van der Waals surface area contributed by atoms with Crippen molar-refractivity contribution in [3.05, 3.63) is 29.8 Å². The topological polar surface area (TPSA) is 26.3 Å². The number of alkyl halides is 4. The normalized spacial score (nSPS) is 13.3. The third-order valence-electron chi connectivity index (χ3n) is 1.51. The molecule has 0 aliphatic heterocycles. The third kappa shape index (κ3) is 3.23. The first kappa shape index (κ1) is 11.5. The van der Waals surface area contributed by atoms with E-state index in [1.165, 1.54) is 12.1 Å². The largest absolute Gasteiger partial charge is 0.457 e. The zero-order valence-corrected chi connectivity index (χ0v) is 7.29. The van der Waals surface area contributed by atoms with Crippen LogP contribution < -0.4 is 4.74 Å². The fourth-order valence-electron chi connectivity index (χ4n) is 0.811. The summed E-state index contributed by atoms with van der Waals surface area (Å²) in [5.74, 6) is -0.287. The van der Waals surface area contributed by atoms with Gasteiger partial charge in [-0.1, -0.05) is 0 Å². The number of carbonyl (C=O) groups excluding carboxylic acids is 1. The zero-order chi connectivity index (χ0) is 11.5. The summed E-state index contributed by atoms with van der Waals surface area (Å²) in [5.41, 5.74) is 0.268. The molecule has 2 nitrogen and oxygen atoms in total. The first-order valence-corrected chi connectivity index (χ1v) is 3.86. The summed E-state index contributed by atoms with van der Waals surface area (Å²) in [6, 6.07) is 4.63. The van der Waals surface area contributed by atoms with Gasteiger partial charge in [0.05, 0.1) is 0 Å². The van der Waals surface area contributed by atoms with Gasteiger partial charge in [-0.25, -0.2) is 0 Å². The molecule has 1 aromatic rings. The van der Waals surface area contributed by atoms with E-state index in [1.807, 2.05) is 0 Å². The predicted octanol–water partition coefficient (Wildman–Crippen LogP) is 2.74.